The number of nitrogen functional groups attached to an aromatic ring is 1. The summed E-state index contributed by atoms with van der Waals surface area (Å²) in [7, 11) is 0. The summed E-state index contributed by atoms with van der Waals surface area (Å²) in [5.41, 5.74) is 3.02. The van der Waals surface area contributed by atoms with Crippen LogP contribution in [0.3, 0.4) is 0 Å². The van der Waals surface area contributed by atoms with Gasteiger partial charge in [0.2, 0.25) is 0 Å². The summed E-state index contributed by atoms with van der Waals surface area (Å²) < 4.78 is 25.9. The Bertz CT molecular complexity index is 400. The Morgan fingerprint density at radius 2 is 2.00 bits per heavy atom. The first-order valence-corrected chi connectivity index (χ1v) is 5.45. The lowest BCUT2D eigenvalue weighted by atomic mass is 10.0. The van der Waals surface area contributed by atoms with Crippen LogP contribution in [0, 0.1) is 0 Å². The molecular weight excluding hydrogens is 244 g/mol. The molecule has 1 heterocycles. The van der Waals surface area contributed by atoms with Crippen LogP contribution in [0.4, 0.5) is 20.4 Å². The van der Waals surface area contributed by atoms with Gasteiger partial charge in [0.05, 0.1) is 6.54 Å². The molecule has 0 aromatic carbocycles. The number of aliphatic hydroxyl groups is 1. The van der Waals surface area contributed by atoms with Crippen LogP contribution in [0.2, 0.25) is 0 Å². The number of hydrogen-bond donors (Lipinski definition) is 4. The van der Waals surface area contributed by atoms with Crippen LogP contribution >= 0.6 is 0 Å². The molecule has 102 valence electrons. The normalized spacial score (nSPS) is 11.7. The molecule has 0 bridgehead atoms. The molecule has 1 rings (SSSR count). The minimum atomic E-state index is -3.20. The van der Waals surface area contributed by atoms with Gasteiger partial charge < -0.3 is 15.8 Å². The number of hydrogen-bond acceptors (Lipinski definition) is 6. The van der Waals surface area contributed by atoms with Gasteiger partial charge in [0.25, 0.3) is 5.92 Å². The van der Waals surface area contributed by atoms with Gasteiger partial charge in [-0.15, -0.1) is 0 Å². The van der Waals surface area contributed by atoms with E-state index >= 15 is 0 Å². The zero-order valence-electron chi connectivity index (χ0n) is 10.2. The van der Waals surface area contributed by atoms with Crippen LogP contribution in [-0.2, 0) is 0 Å². The fraction of sp³-hybridized carbons (Fsp3) is 0.600. The number of rotatable bonds is 6. The Labute approximate surface area is 104 Å². The molecule has 8 heteroatoms. The fourth-order valence-corrected chi connectivity index (χ4v) is 1.47. The summed E-state index contributed by atoms with van der Waals surface area (Å²) in [6.07, 6.45) is 1.22. The molecule has 0 unspecified atom stereocenters. The van der Waals surface area contributed by atoms with E-state index in [2.05, 4.69) is 20.7 Å². The van der Waals surface area contributed by atoms with E-state index in [1.165, 1.54) is 6.33 Å². The lowest BCUT2D eigenvalue weighted by Crippen LogP contribution is -2.31. The number of halogens is 2. The Kier molecular flexibility index (Phi) is 4.74. The van der Waals surface area contributed by atoms with E-state index in [0.717, 1.165) is 0 Å². The van der Waals surface area contributed by atoms with E-state index < -0.39 is 19.1 Å². The zero-order valence-corrected chi connectivity index (χ0v) is 10.2. The number of nitrogens with zero attached hydrogens (tertiary/aromatic N) is 2. The largest absolute Gasteiger partial charge is 0.390 e. The van der Waals surface area contributed by atoms with E-state index in [1.807, 2.05) is 13.8 Å². The summed E-state index contributed by atoms with van der Waals surface area (Å²) in [6, 6.07) is 0. The Balaban J connectivity index is 2.95. The summed E-state index contributed by atoms with van der Waals surface area (Å²) in [5.74, 6) is 2.78. The fourth-order valence-electron chi connectivity index (χ4n) is 1.47. The maximum atomic E-state index is 13.0. The predicted octanol–water partition coefficient (Wildman–Crippen LogP) is 0.925. The van der Waals surface area contributed by atoms with Crippen molar-refractivity contribution in [1.29, 1.82) is 0 Å². The molecule has 6 nitrogen and oxygen atoms in total. The van der Waals surface area contributed by atoms with Crippen LogP contribution in [0.5, 0.6) is 0 Å². The Hall–Kier alpha value is -1.54. The van der Waals surface area contributed by atoms with Gasteiger partial charge >= 0.3 is 0 Å². The van der Waals surface area contributed by atoms with E-state index in [0.29, 0.717) is 11.4 Å². The third-order valence-corrected chi connectivity index (χ3v) is 2.34. The second kappa shape index (κ2) is 5.87. The number of anilines is 2. The molecule has 0 radical (unpaired) electrons. The van der Waals surface area contributed by atoms with E-state index in [1.54, 1.807) is 0 Å². The highest BCUT2D eigenvalue weighted by molar-refractivity contribution is 5.58. The highest BCUT2D eigenvalue weighted by atomic mass is 19.3. The van der Waals surface area contributed by atoms with Gasteiger partial charge in [-0.25, -0.2) is 24.6 Å². The lowest BCUT2D eigenvalue weighted by molar-refractivity contribution is -0.0373. The highest BCUT2D eigenvalue weighted by Crippen LogP contribution is 2.28. The van der Waals surface area contributed by atoms with E-state index in [9.17, 15) is 8.78 Å². The van der Waals surface area contributed by atoms with Crippen molar-refractivity contribution >= 4 is 11.6 Å². The van der Waals surface area contributed by atoms with E-state index in [4.69, 9.17) is 10.9 Å². The molecule has 18 heavy (non-hydrogen) atoms. The monoisotopic (exact) mass is 261 g/mol. The second-order valence-corrected chi connectivity index (χ2v) is 4.15. The van der Waals surface area contributed by atoms with Crippen LogP contribution < -0.4 is 16.6 Å². The summed E-state index contributed by atoms with van der Waals surface area (Å²) in [6.45, 7) is 1.82. The minimum Gasteiger partial charge on any atom is -0.390 e. The minimum absolute atomic E-state index is 0.00231. The maximum absolute atomic E-state index is 13.0. The van der Waals surface area contributed by atoms with Crippen molar-refractivity contribution in [3.05, 3.63) is 11.9 Å². The number of aromatic nitrogens is 2. The molecular formula is C10H17F2N5O. The van der Waals surface area contributed by atoms with Gasteiger partial charge in [0.15, 0.2) is 0 Å². The first-order chi connectivity index (χ1) is 8.41. The van der Waals surface area contributed by atoms with Crippen LogP contribution in [0.15, 0.2) is 6.33 Å². The van der Waals surface area contributed by atoms with Crippen LogP contribution in [0.25, 0.3) is 0 Å². The first-order valence-electron chi connectivity index (χ1n) is 5.45. The summed E-state index contributed by atoms with van der Waals surface area (Å²) in [4.78, 5) is 7.83. The molecule has 0 aliphatic rings. The standard InChI is InChI=1S/C10H17F2N5O/c1-6(2)7-8(14-3-10(11,12)4-18)15-5-16-9(7)17-13/h5-6,18H,3-4,13H2,1-2H3,(H2,14,15,16,17). The third kappa shape index (κ3) is 3.47. The van der Waals surface area contributed by atoms with Crippen molar-refractivity contribution in [1.82, 2.24) is 9.97 Å². The van der Waals surface area contributed by atoms with Crippen molar-refractivity contribution in [3.8, 4) is 0 Å². The number of nitrogens with two attached hydrogens (primary N) is 1. The molecule has 0 saturated heterocycles. The van der Waals surface area contributed by atoms with Crippen LogP contribution in [-0.4, -0.2) is 34.1 Å². The summed E-state index contributed by atoms with van der Waals surface area (Å²) in [5, 5.41) is 11.0. The average molecular weight is 261 g/mol. The molecule has 1 aromatic heterocycles. The quantitative estimate of drug-likeness (QED) is 0.449. The molecule has 0 amide bonds. The van der Waals surface area contributed by atoms with Crippen molar-refractivity contribution in [3.63, 3.8) is 0 Å². The van der Waals surface area contributed by atoms with Crippen molar-refractivity contribution in [2.75, 3.05) is 23.9 Å². The molecule has 1 aromatic rings. The number of aliphatic hydroxyl groups excluding tert-OH is 1. The van der Waals surface area contributed by atoms with Crippen molar-refractivity contribution in [2.24, 2.45) is 5.84 Å². The van der Waals surface area contributed by atoms with Crippen molar-refractivity contribution in [2.45, 2.75) is 25.7 Å². The molecule has 0 atom stereocenters. The SMILES string of the molecule is CC(C)c1c(NN)ncnc1NCC(F)(F)CO. The third-order valence-electron chi connectivity index (χ3n) is 2.34. The van der Waals surface area contributed by atoms with Gasteiger partial charge in [0.1, 0.15) is 24.6 Å². The Morgan fingerprint density at radius 1 is 1.39 bits per heavy atom. The zero-order chi connectivity index (χ0) is 13.8. The Morgan fingerprint density at radius 3 is 2.50 bits per heavy atom. The number of alkyl halides is 2. The van der Waals surface area contributed by atoms with Gasteiger partial charge in [-0.05, 0) is 5.92 Å². The molecule has 0 fully saturated rings. The molecule has 0 aliphatic heterocycles. The second-order valence-electron chi connectivity index (χ2n) is 4.15. The van der Waals surface area contributed by atoms with Gasteiger partial charge in [-0.2, -0.15) is 0 Å². The smallest absolute Gasteiger partial charge is 0.287 e. The number of nitrogens with one attached hydrogen (secondary N) is 2. The maximum Gasteiger partial charge on any atom is 0.287 e. The van der Waals surface area contributed by atoms with E-state index in [-0.39, 0.29) is 11.7 Å². The molecule has 0 spiro atoms. The average Bonchev–Trinajstić information content (AvgIpc) is 2.35. The summed E-state index contributed by atoms with van der Waals surface area (Å²) >= 11 is 0. The first kappa shape index (κ1) is 14.5. The topological polar surface area (TPSA) is 96.1 Å². The molecule has 0 saturated carbocycles. The van der Waals surface area contributed by atoms with Crippen molar-refractivity contribution < 1.29 is 13.9 Å². The van der Waals surface area contributed by atoms with Gasteiger partial charge in [-0.1, -0.05) is 13.8 Å². The molecule has 5 N–H and O–H groups in total. The lowest BCUT2D eigenvalue weighted by Gasteiger charge is -2.19. The van der Waals surface area contributed by atoms with Gasteiger partial charge in [-0.3, -0.25) is 0 Å². The predicted molar refractivity (Wildman–Crippen MR) is 64.5 cm³/mol. The van der Waals surface area contributed by atoms with Crippen LogP contribution in [0.1, 0.15) is 25.3 Å². The molecule has 0 aliphatic carbocycles. The highest BCUT2D eigenvalue weighted by Gasteiger charge is 2.28. The van der Waals surface area contributed by atoms with Gasteiger partial charge in [0, 0.05) is 5.56 Å². The number of hydrazine groups is 1.